The smallest absolute Gasteiger partial charge is 0.177 e. The molecule has 5 heteroatoms. The normalized spacial score (nSPS) is 10.9. The minimum absolute atomic E-state index is 0.422. The van der Waals surface area contributed by atoms with Crippen molar-refractivity contribution in [2.45, 2.75) is 13.8 Å². The molecule has 3 nitrogen and oxygen atoms in total. The van der Waals surface area contributed by atoms with Crippen molar-refractivity contribution in [1.82, 2.24) is 5.16 Å². The van der Waals surface area contributed by atoms with E-state index in [1.54, 1.807) is 11.3 Å². The number of hydrogen-bond donors (Lipinski definition) is 1. The summed E-state index contributed by atoms with van der Waals surface area (Å²) in [5.41, 5.74) is 11.3. The van der Waals surface area contributed by atoms with Crippen molar-refractivity contribution in [2.75, 3.05) is 5.73 Å². The Labute approximate surface area is 129 Å². The van der Waals surface area contributed by atoms with Gasteiger partial charge in [0.05, 0.1) is 9.35 Å². The first kappa shape index (κ1) is 13.4. The number of aromatic nitrogens is 1. The molecule has 2 N–H and O–H groups in total. The van der Waals surface area contributed by atoms with Crippen molar-refractivity contribution in [3.8, 4) is 22.5 Å². The predicted molar refractivity (Wildman–Crippen MR) is 86.8 cm³/mol. The Kier molecular flexibility index (Phi) is 3.40. The zero-order chi connectivity index (χ0) is 14.3. The first-order valence-corrected chi connectivity index (χ1v) is 7.80. The maximum atomic E-state index is 5.99. The van der Waals surface area contributed by atoms with E-state index >= 15 is 0 Å². The maximum absolute atomic E-state index is 5.99. The number of nitrogens with zero attached hydrogens (tertiary/aromatic N) is 1. The number of anilines is 1. The van der Waals surface area contributed by atoms with E-state index in [4.69, 9.17) is 10.3 Å². The summed E-state index contributed by atoms with van der Waals surface area (Å²) in [4.78, 5) is 0. The van der Waals surface area contributed by atoms with Gasteiger partial charge in [0.1, 0.15) is 0 Å². The quantitative estimate of drug-likeness (QED) is 0.706. The fourth-order valence-corrected chi connectivity index (χ4v) is 3.24. The third kappa shape index (κ3) is 2.27. The SMILES string of the molecule is Cc1ccc(-c2c(N)noc2-c2csc(Br)c2)cc1C. The highest BCUT2D eigenvalue weighted by Crippen LogP contribution is 2.39. The number of aryl methyl sites for hydroxylation is 2. The molecule has 20 heavy (non-hydrogen) atoms. The van der Waals surface area contributed by atoms with Crippen LogP contribution in [0.5, 0.6) is 0 Å². The van der Waals surface area contributed by atoms with Crippen LogP contribution in [0.25, 0.3) is 22.5 Å². The van der Waals surface area contributed by atoms with E-state index in [1.165, 1.54) is 11.1 Å². The molecule has 0 amide bonds. The molecule has 0 aliphatic rings. The van der Waals surface area contributed by atoms with E-state index in [1.807, 2.05) is 11.4 Å². The fourth-order valence-electron chi connectivity index (χ4n) is 2.10. The number of halogens is 1. The largest absolute Gasteiger partial charge is 0.380 e. The molecule has 0 aliphatic heterocycles. The molecule has 2 heterocycles. The lowest BCUT2D eigenvalue weighted by Gasteiger charge is -2.05. The summed E-state index contributed by atoms with van der Waals surface area (Å²) in [6.07, 6.45) is 0. The molecule has 0 fully saturated rings. The van der Waals surface area contributed by atoms with E-state index in [2.05, 4.69) is 53.1 Å². The summed E-state index contributed by atoms with van der Waals surface area (Å²) < 4.78 is 6.48. The highest BCUT2D eigenvalue weighted by atomic mass is 79.9. The highest BCUT2D eigenvalue weighted by molar-refractivity contribution is 9.11. The van der Waals surface area contributed by atoms with Crippen LogP contribution in [0.1, 0.15) is 11.1 Å². The van der Waals surface area contributed by atoms with Gasteiger partial charge in [-0.2, -0.15) is 0 Å². The topological polar surface area (TPSA) is 52.0 Å². The van der Waals surface area contributed by atoms with Crippen LogP contribution in [-0.4, -0.2) is 5.16 Å². The van der Waals surface area contributed by atoms with Gasteiger partial charge in [-0.25, -0.2) is 0 Å². The number of thiophene rings is 1. The monoisotopic (exact) mass is 348 g/mol. The van der Waals surface area contributed by atoms with Crippen LogP contribution in [0.15, 0.2) is 38.0 Å². The van der Waals surface area contributed by atoms with Gasteiger partial charge in [-0.05, 0) is 52.5 Å². The van der Waals surface area contributed by atoms with Crippen LogP contribution >= 0.6 is 27.3 Å². The summed E-state index contributed by atoms with van der Waals surface area (Å²) >= 11 is 5.07. The second kappa shape index (κ2) is 5.07. The Hall–Kier alpha value is -1.59. The van der Waals surface area contributed by atoms with E-state index < -0.39 is 0 Å². The van der Waals surface area contributed by atoms with Gasteiger partial charge in [0.2, 0.25) is 0 Å². The minimum atomic E-state index is 0.422. The fraction of sp³-hybridized carbons (Fsp3) is 0.133. The molecular formula is C15H13BrN2OS. The van der Waals surface area contributed by atoms with Crippen molar-refractivity contribution < 1.29 is 4.52 Å². The first-order valence-electron chi connectivity index (χ1n) is 6.13. The van der Waals surface area contributed by atoms with Gasteiger partial charge in [0, 0.05) is 10.9 Å². The average Bonchev–Trinajstić information content (AvgIpc) is 2.99. The van der Waals surface area contributed by atoms with E-state index in [9.17, 15) is 0 Å². The van der Waals surface area contributed by atoms with Crippen molar-refractivity contribution in [2.24, 2.45) is 0 Å². The molecule has 0 saturated heterocycles. The molecule has 3 aromatic rings. The van der Waals surface area contributed by atoms with Gasteiger partial charge in [-0.15, -0.1) is 11.3 Å². The van der Waals surface area contributed by atoms with Crippen LogP contribution in [-0.2, 0) is 0 Å². The molecule has 0 spiro atoms. The Bertz CT molecular complexity index is 776. The molecule has 0 radical (unpaired) electrons. The Balaban J connectivity index is 2.18. The van der Waals surface area contributed by atoms with Crippen LogP contribution in [0.4, 0.5) is 5.82 Å². The number of rotatable bonds is 2. The molecule has 1 aromatic carbocycles. The number of hydrogen-bond acceptors (Lipinski definition) is 4. The summed E-state index contributed by atoms with van der Waals surface area (Å²) in [6, 6.07) is 8.26. The molecule has 3 rings (SSSR count). The van der Waals surface area contributed by atoms with Crippen molar-refractivity contribution >= 4 is 33.1 Å². The van der Waals surface area contributed by atoms with Crippen molar-refractivity contribution in [3.63, 3.8) is 0 Å². The first-order chi connectivity index (χ1) is 9.56. The van der Waals surface area contributed by atoms with Crippen LogP contribution in [0, 0.1) is 13.8 Å². The standard InChI is InChI=1S/C15H13BrN2OS/c1-8-3-4-10(5-9(8)2)13-14(19-18-15(13)17)11-6-12(16)20-7-11/h3-7H,1-2H3,(H2,17,18). The van der Waals surface area contributed by atoms with Crippen LogP contribution in [0.3, 0.4) is 0 Å². The van der Waals surface area contributed by atoms with Crippen LogP contribution < -0.4 is 5.73 Å². The van der Waals surface area contributed by atoms with Crippen molar-refractivity contribution in [1.29, 1.82) is 0 Å². The lowest BCUT2D eigenvalue weighted by atomic mass is 9.99. The summed E-state index contributed by atoms with van der Waals surface area (Å²) in [7, 11) is 0. The Morgan fingerprint density at radius 2 is 1.95 bits per heavy atom. The van der Waals surface area contributed by atoms with Crippen molar-refractivity contribution in [3.05, 3.63) is 44.6 Å². The third-order valence-corrected chi connectivity index (χ3v) is 4.85. The molecule has 0 unspecified atom stereocenters. The lowest BCUT2D eigenvalue weighted by molar-refractivity contribution is 0.436. The van der Waals surface area contributed by atoms with Gasteiger partial charge >= 0.3 is 0 Å². The highest BCUT2D eigenvalue weighted by Gasteiger charge is 2.18. The summed E-state index contributed by atoms with van der Waals surface area (Å²) in [6.45, 7) is 4.18. The molecule has 0 bridgehead atoms. The number of benzene rings is 1. The molecule has 0 atom stereocenters. The van der Waals surface area contributed by atoms with Gasteiger partial charge in [-0.3, -0.25) is 0 Å². The van der Waals surface area contributed by atoms with Crippen LogP contribution in [0.2, 0.25) is 0 Å². The maximum Gasteiger partial charge on any atom is 0.177 e. The van der Waals surface area contributed by atoms with E-state index in [-0.39, 0.29) is 0 Å². The molecular weight excluding hydrogens is 336 g/mol. The van der Waals surface area contributed by atoms with Gasteiger partial charge < -0.3 is 10.3 Å². The minimum Gasteiger partial charge on any atom is -0.380 e. The lowest BCUT2D eigenvalue weighted by Crippen LogP contribution is -1.90. The Morgan fingerprint density at radius 1 is 1.15 bits per heavy atom. The second-order valence-electron chi connectivity index (χ2n) is 4.71. The zero-order valence-corrected chi connectivity index (χ0v) is 13.5. The van der Waals surface area contributed by atoms with Gasteiger partial charge in [-0.1, -0.05) is 23.4 Å². The second-order valence-corrected chi connectivity index (χ2v) is 7.00. The van der Waals surface area contributed by atoms with Gasteiger partial charge in [0.15, 0.2) is 11.6 Å². The third-order valence-electron chi connectivity index (χ3n) is 3.34. The zero-order valence-electron chi connectivity index (χ0n) is 11.1. The van der Waals surface area contributed by atoms with E-state index in [0.717, 1.165) is 20.5 Å². The molecule has 102 valence electrons. The molecule has 2 aromatic heterocycles. The predicted octanol–water partition coefficient (Wildman–Crippen LogP) is 5.03. The molecule has 0 saturated carbocycles. The number of nitrogen functional groups attached to an aromatic ring is 1. The molecule has 0 aliphatic carbocycles. The summed E-state index contributed by atoms with van der Waals surface area (Å²) in [5.74, 6) is 1.14. The van der Waals surface area contributed by atoms with E-state index in [0.29, 0.717) is 11.6 Å². The average molecular weight is 349 g/mol. The van der Waals surface area contributed by atoms with Gasteiger partial charge in [0.25, 0.3) is 0 Å². The summed E-state index contributed by atoms with van der Waals surface area (Å²) in [5, 5.41) is 5.95. The Morgan fingerprint density at radius 3 is 2.60 bits per heavy atom. The number of nitrogens with two attached hydrogens (primary N) is 1.